The van der Waals surface area contributed by atoms with Crippen molar-refractivity contribution in [2.24, 2.45) is 7.05 Å². The largest absolute Gasteiger partial charge is 0.493 e. The quantitative estimate of drug-likeness (QED) is 0.451. The number of carbonyl (C=O) groups is 1. The highest BCUT2D eigenvalue weighted by molar-refractivity contribution is 7.98. The Morgan fingerprint density at radius 1 is 1.16 bits per heavy atom. The van der Waals surface area contributed by atoms with Crippen molar-refractivity contribution in [3.8, 4) is 11.5 Å². The molecule has 7 nitrogen and oxygen atoms in total. The number of hydrogen-bond donors (Lipinski definition) is 1. The van der Waals surface area contributed by atoms with Crippen molar-refractivity contribution in [2.75, 3.05) is 19.5 Å². The maximum atomic E-state index is 14.0. The first kappa shape index (κ1) is 21.9. The van der Waals surface area contributed by atoms with Crippen molar-refractivity contribution in [3.63, 3.8) is 0 Å². The fourth-order valence-corrected chi connectivity index (χ4v) is 4.83. The summed E-state index contributed by atoms with van der Waals surface area (Å²) < 4.78 is 26.6. The molecule has 32 heavy (non-hydrogen) atoms. The normalized spacial score (nSPS) is 15.1. The zero-order valence-electron chi connectivity index (χ0n) is 17.8. The maximum absolute atomic E-state index is 14.0. The number of halogens is 1. The lowest BCUT2D eigenvalue weighted by Crippen LogP contribution is -2.33. The van der Waals surface area contributed by atoms with Crippen LogP contribution in [0.25, 0.3) is 0 Å². The number of hydrogen-bond acceptors (Lipinski definition) is 6. The van der Waals surface area contributed by atoms with Crippen LogP contribution in [-0.4, -0.2) is 29.7 Å². The van der Waals surface area contributed by atoms with Gasteiger partial charge >= 0.3 is 0 Å². The monoisotopic (exact) mass is 455 g/mol. The van der Waals surface area contributed by atoms with Gasteiger partial charge in [0.2, 0.25) is 5.91 Å². The Bertz CT molecular complexity index is 1240. The molecule has 0 bridgehead atoms. The number of benzene rings is 2. The van der Waals surface area contributed by atoms with E-state index in [1.165, 1.54) is 32.0 Å². The Kier molecular flexibility index (Phi) is 6.18. The fourth-order valence-electron chi connectivity index (χ4n) is 3.87. The average molecular weight is 456 g/mol. The van der Waals surface area contributed by atoms with E-state index in [-0.39, 0.29) is 18.1 Å². The van der Waals surface area contributed by atoms with Gasteiger partial charge in [-0.15, -0.1) is 0 Å². The van der Waals surface area contributed by atoms with Crippen LogP contribution in [0.3, 0.4) is 0 Å². The van der Waals surface area contributed by atoms with Crippen LogP contribution >= 0.6 is 11.8 Å². The third-order valence-corrected chi connectivity index (χ3v) is 6.50. The van der Waals surface area contributed by atoms with Crippen LogP contribution in [0.5, 0.6) is 11.5 Å². The molecule has 1 atom stereocenters. The number of nitrogens with zero attached hydrogens (tertiary/aromatic N) is 2. The standard InChI is InChI=1S/C23H22FN3O4S/c1-27-21-19(22(29)26-23(27)32-12-13-7-4-5-9-16(13)24)15(11-18(28)25-21)14-8-6-10-17(30-2)20(14)31-3/h4-10,15H,11-12H2,1-3H3,(H,25,28)/t15-/m1/s1. The lowest BCUT2D eigenvalue weighted by atomic mass is 9.86. The van der Waals surface area contributed by atoms with Crippen molar-refractivity contribution < 1.29 is 18.7 Å². The van der Waals surface area contributed by atoms with Crippen molar-refractivity contribution in [3.05, 3.63) is 75.3 Å². The molecule has 0 unspecified atom stereocenters. The summed E-state index contributed by atoms with van der Waals surface area (Å²) in [5.41, 5.74) is 1.12. The predicted molar refractivity (Wildman–Crippen MR) is 120 cm³/mol. The summed E-state index contributed by atoms with van der Waals surface area (Å²) in [6.07, 6.45) is 0.0785. The summed E-state index contributed by atoms with van der Waals surface area (Å²) in [5, 5.41) is 3.19. The molecule has 3 aromatic rings. The Morgan fingerprint density at radius 3 is 2.66 bits per heavy atom. The highest BCUT2D eigenvalue weighted by Gasteiger charge is 2.34. The lowest BCUT2D eigenvalue weighted by Gasteiger charge is -2.28. The first-order chi connectivity index (χ1) is 15.4. The van der Waals surface area contributed by atoms with E-state index in [2.05, 4.69) is 10.3 Å². The number of fused-ring (bicyclic) bond motifs is 1. The molecular formula is C23H22FN3O4S. The average Bonchev–Trinajstić information content (AvgIpc) is 2.80. The molecule has 4 rings (SSSR count). The van der Waals surface area contributed by atoms with E-state index in [4.69, 9.17) is 9.47 Å². The van der Waals surface area contributed by atoms with E-state index in [9.17, 15) is 14.0 Å². The third kappa shape index (κ3) is 3.95. The van der Waals surface area contributed by atoms with Gasteiger partial charge in [-0.3, -0.25) is 9.59 Å². The number of anilines is 1. The fraction of sp³-hybridized carbons (Fsp3) is 0.261. The highest BCUT2D eigenvalue weighted by atomic mass is 32.2. The summed E-state index contributed by atoms with van der Waals surface area (Å²) in [6.45, 7) is 0. The van der Waals surface area contributed by atoms with Crippen LogP contribution in [0.15, 0.2) is 52.4 Å². The second kappa shape index (κ2) is 9.04. The molecule has 9 heteroatoms. The summed E-state index contributed by atoms with van der Waals surface area (Å²) in [6, 6.07) is 11.8. The second-order valence-electron chi connectivity index (χ2n) is 7.29. The third-order valence-electron chi connectivity index (χ3n) is 5.42. The van der Waals surface area contributed by atoms with Gasteiger partial charge in [0.15, 0.2) is 16.7 Å². The van der Waals surface area contributed by atoms with Gasteiger partial charge in [0.25, 0.3) is 5.56 Å². The molecular weight excluding hydrogens is 433 g/mol. The molecule has 1 N–H and O–H groups in total. The molecule has 0 saturated carbocycles. The van der Waals surface area contributed by atoms with E-state index in [1.54, 1.807) is 41.9 Å². The molecule has 166 valence electrons. The number of methoxy groups -OCH3 is 2. The van der Waals surface area contributed by atoms with Gasteiger partial charge in [0.1, 0.15) is 11.6 Å². The van der Waals surface area contributed by atoms with E-state index < -0.39 is 11.5 Å². The van der Waals surface area contributed by atoms with Gasteiger partial charge in [-0.05, 0) is 17.7 Å². The Labute approximate surface area is 188 Å². The van der Waals surface area contributed by atoms with E-state index >= 15 is 0 Å². The molecule has 1 aromatic heterocycles. The van der Waals surface area contributed by atoms with Gasteiger partial charge in [-0.1, -0.05) is 42.1 Å². The molecule has 1 amide bonds. The number of ether oxygens (including phenoxy) is 2. The first-order valence-electron chi connectivity index (χ1n) is 9.92. The maximum Gasteiger partial charge on any atom is 0.279 e. The van der Waals surface area contributed by atoms with Crippen molar-refractivity contribution >= 4 is 23.5 Å². The van der Waals surface area contributed by atoms with Gasteiger partial charge in [-0.25, -0.2) is 4.39 Å². The lowest BCUT2D eigenvalue weighted by molar-refractivity contribution is -0.116. The summed E-state index contributed by atoms with van der Waals surface area (Å²) in [4.78, 5) is 30.0. The molecule has 2 heterocycles. The molecule has 2 aromatic carbocycles. The Hall–Kier alpha value is -3.33. The van der Waals surface area contributed by atoms with Crippen LogP contribution in [0.4, 0.5) is 10.2 Å². The van der Waals surface area contributed by atoms with Crippen molar-refractivity contribution in [2.45, 2.75) is 23.2 Å². The summed E-state index contributed by atoms with van der Waals surface area (Å²) in [7, 11) is 4.77. The van der Waals surface area contributed by atoms with Crippen molar-refractivity contribution in [1.82, 2.24) is 9.55 Å². The number of nitrogens with one attached hydrogen (secondary N) is 1. The van der Waals surface area contributed by atoms with Crippen LogP contribution in [0.2, 0.25) is 0 Å². The minimum Gasteiger partial charge on any atom is -0.493 e. The number of amides is 1. The molecule has 1 aliphatic heterocycles. The highest BCUT2D eigenvalue weighted by Crippen LogP contribution is 2.43. The number of aromatic nitrogens is 2. The Balaban J connectivity index is 1.77. The number of thioether (sulfide) groups is 1. The number of carbonyl (C=O) groups excluding carboxylic acids is 1. The number of para-hydroxylation sites is 1. The van der Waals surface area contributed by atoms with Crippen LogP contribution in [0, 0.1) is 5.82 Å². The molecule has 0 radical (unpaired) electrons. The van der Waals surface area contributed by atoms with Crippen LogP contribution in [0.1, 0.15) is 29.0 Å². The van der Waals surface area contributed by atoms with E-state index in [0.717, 1.165) is 0 Å². The summed E-state index contributed by atoms with van der Waals surface area (Å²) in [5.74, 6) is 0.584. The molecule has 0 spiro atoms. The SMILES string of the molecule is COc1cccc([C@H]2CC(=O)Nc3c2c(=O)nc(SCc2ccccc2F)n3C)c1OC. The first-order valence-corrected chi connectivity index (χ1v) is 10.9. The van der Waals surface area contributed by atoms with E-state index in [1.807, 2.05) is 6.07 Å². The van der Waals surface area contributed by atoms with Gasteiger partial charge in [0.05, 0.1) is 19.8 Å². The van der Waals surface area contributed by atoms with Crippen LogP contribution in [-0.2, 0) is 17.6 Å². The predicted octanol–water partition coefficient (Wildman–Crippen LogP) is 3.70. The molecule has 0 fully saturated rings. The van der Waals surface area contributed by atoms with Gasteiger partial charge in [0, 0.05) is 30.7 Å². The minimum atomic E-state index is -0.541. The molecule has 0 saturated heterocycles. The van der Waals surface area contributed by atoms with Crippen molar-refractivity contribution in [1.29, 1.82) is 0 Å². The second-order valence-corrected chi connectivity index (χ2v) is 8.23. The zero-order valence-corrected chi connectivity index (χ0v) is 18.7. The molecule has 0 aliphatic carbocycles. The minimum absolute atomic E-state index is 0.0785. The molecule has 1 aliphatic rings. The van der Waals surface area contributed by atoms with Crippen LogP contribution < -0.4 is 20.3 Å². The zero-order chi connectivity index (χ0) is 22.8. The topological polar surface area (TPSA) is 82.5 Å². The van der Waals surface area contributed by atoms with Gasteiger partial charge < -0.3 is 19.4 Å². The number of rotatable bonds is 6. The smallest absolute Gasteiger partial charge is 0.279 e. The summed E-state index contributed by atoms with van der Waals surface area (Å²) >= 11 is 1.23. The van der Waals surface area contributed by atoms with Gasteiger partial charge in [-0.2, -0.15) is 4.98 Å². The Morgan fingerprint density at radius 2 is 1.94 bits per heavy atom. The van der Waals surface area contributed by atoms with E-state index in [0.29, 0.717) is 44.9 Å².